The summed E-state index contributed by atoms with van der Waals surface area (Å²) in [6, 6.07) is 14.0. The first-order chi connectivity index (χ1) is 8.09. The maximum atomic E-state index is 6.40. The van der Waals surface area contributed by atoms with Gasteiger partial charge in [0.15, 0.2) is 0 Å². The molecule has 0 aliphatic rings. The van der Waals surface area contributed by atoms with Gasteiger partial charge in [-0.3, -0.25) is 4.98 Å². The summed E-state index contributed by atoms with van der Waals surface area (Å²) in [5.74, 6) is 0. The van der Waals surface area contributed by atoms with Gasteiger partial charge >= 0.3 is 0 Å². The van der Waals surface area contributed by atoms with Crippen molar-refractivity contribution < 1.29 is 0 Å². The summed E-state index contributed by atoms with van der Waals surface area (Å²) in [4.78, 5) is 4.32. The number of aromatic nitrogens is 1. The Morgan fingerprint density at radius 1 is 1.18 bits per heavy atom. The minimum absolute atomic E-state index is 0.422. The van der Waals surface area contributed by atoms with Crippen LogP contribution >= 0.6 is 15.9 Å². The van der Waals surface area contributed by atoms with Crippen molar-refractivity contribution in [2.75, 3.05) is 0 Å². The van der Waals surface area contributed by atoms with E-state index in [1.807, 2.05) is 49.4 Å². The number of nitrogens with zero attached hydrogens (tertiary/aromatic N) is 1. The first kappa shape index (κ1) is 12.3. The zero-order valence-corrected chi connectivity index (χ0v) is 11.3. The summed E-state index contributed by atoms with van der Waals surface area (Å²) in [6.07, 6.45) is 2.52. The van der Waals surface area contributed by atoms with Gasteiger partial charge in [-0.15, -0.1) is 0 Å². The average Bonchev–Trinajstić information content (AvgIpc) is 2.30. The minimum atomic E-state index is -0.422. The number of rotatable bonds is 3. The fourth-order valence-electron chi connectivity index (χ4n) is 1.90. The first-order valence-corrected chi connectivity index (χ1v) is 6.33. The van der Waals surface area contributed by atoms with E-state index in [-0.39, 0.29) is 0 Å². The average molecular weight is 291 g/mol. The predicted molar refractivity (Wildman–Crippen MR) is 73.6 cm³/mol. The second-order valence-corrected chi connectivity index (χ2v) is 5.25. The molecule has 1 atom stereocenters. The van der Waals surface area contributed by atoms with Crippen molar-refractivity contribution in [1.29, 1.82) is 0 Å². The van der Waals surface area contributed by atoms with Crippen LogP contribution in [0.2, 0.25) is 0 Å². The maximum absolute atomic E-state index is 6.40. The van der Waals surface area contributed by atoms with Crippen molar-refractivity contribution in [3.63, 3.8) is 0 Å². The van der Waals surface area contributed by atoms with Crippen LogP contribution in [0.5, 0.6) is 0 Å². The standard InChI is InChI=1S/C14H15BrN2/c1-14(16,10-11-6-4-5-9-17-11)12-7-2-3-8-13(12)15/h2-9H,10,16H2,1H3. The summed E-state index contributed by atoms with van der Waals surface area (Å²) >= 11 is 3.55. The molecule has 2 N–H and O–H groups in total. The lowest BCUT2D eigenvalue weighted by molar-refractivity contribution is 0.483. The Balaban J connectivity index is 2.28. The van der Waals surface area contributed by atoms with E-state index >= 15 is 0 Å². The molecule has 2 aromatic rings. The number of hydrogen-bond donors (Lipinski definition) is 1. The van der Waals surface area contributed by atoms with Crippen LogP contribution < -0.4 is 5.73 Å². The van der Waals surface area contributed by atoms with Gasteiger partial charge in [-0.2, -0.15) is 0 Å². The van der Waals surface area contributed by atoms with Crippen molar-refractivity contribution in [3.05, 3.63) is 64.4 Å². The van der Waals surface area contributed by atoms with Gasteiger partial charge in [0.25, 0.3) is 0 Å². The highest BCUT2D eigenvalue weighted by Crippen LogP contribution is 2.28. The third-order valence-electron chi connectivity index (χ3n) is 2.76. The molecule has 0 radical (unpaired) electrons. The molecule has 0 aliphatic carbocycles. The molecule has 1 unspecified atom stereocenters. The Bertz CT molecular complexity index is 495. The molecule has 0 spiro atoms. The molecule has 0 aliphatic heterocycles. The molecule has 3 heteroatoms. The van der Waals surface area contributed by atoms with E-state index in [9.17, 15) is 0 Å². The summed E-state index contributed by atoms with van der Waals surface area (Å²) in [5, 5.41) is 0. The Kier molecular flexibility index (Phi) is 3.60. The van der Waals surface area contributed by atoms with Crippen LogP contribution in [0.1, 0.15) is 18.2 Å². The first-order valence-electron chi connectivity index (χ1n) is 5.53. The second-order valence-electron chi connectivity index (χ2n) is 4.40. The summed E-state index contributed by atoms with van der Waals surface area (Å²) in [5.41, 5.74) is 8.09. The Labute approximate surface area is 110 Å². The fraction of sp³-hybridized carbons (Fsp3) is 0.214. The molecular formula is C14H15BrN2. The van der Waals surface area contributed by atoms with Crippen LogP contribution in [0.15, 0.2) is 53.1 Å². The van der Waals surface area contributed by atoms with Gasteiger partial charge in [0, 0.05) is 28.3 Å². The highest BCUT2D eigenvalue weighted by molar-refractivity contribution is 9.10. The molecule has 17 heavy (non-hydrogen) atoms. The van der Waals surface area contributed by atoms with E-state index in [0.29, 0.717) is 0 Å². The van der Waals surface area contributed by atoms with Crippen molar-refractivity contribution >= 4 is 15.9 Å². The van der Waals surface area contributed by atoms with Crippen LogP contribution in [0, 0.1) is 0 Å². The molecule has 0 saturated heterocycles. The molecule has 1 heterocycles. The second kappa shape index (κ2) is 4.98. The van der Waals surface area contributed by atoms with Gasteiger partial charge in [0.2, 0.25) is 0 Å². The van der Waals surface area contributed by atoms with E-state index < -0.39 is 5.54 Å². The lowest BCUT2D eigenvalue weighted by Crippen LogP contribution is -2.36. The molecule has 0 amide bonds. The highest BCUT2D eigenvalue weighted by atomic mass is 79.9. The van der Waals surface area contributed by atoms with E-state index in [2.05, 4.69) is 20.9 Å². The Morgan fingerprint density at radius 2 is 1.88 bits per heavy atom. The van der Waals surface area contributed by atoms with Crippen LogP contribution in [-0.4, -0.2) is 4.98 Å². The van der Waals surface area contributed by atoms with Crippen molar-refractivity contribution in [2.45, 2.75) is 18.9 Å². The smallest absolute Gasteiger partial charge is 0.0448 e. The molecule has 88 valence electrons. The molecule has 2 rings (SSSR count). The van der Waals surface area contributed by atoms with Gasteiger partial charge in [0.1, 0.15) is 0 Å². The van der Waals surface area contributed by atoms with Gasteiger partial charge in [0.05, 0.1) is 0 Å². The highest BCUT2D eigenvalue weighted by Gasteiger charge is 2.24. The monoisotopic (exact) mass is 290 g/mol. The van der Waals surface area contributed by atoms with Gasteiger partial charge in [-0.25, -0.2) is 0 Å². The lowest BCUT2D eigenvalue weighted by atomic mass is 9.88. The summed E-state index contributed by atoms with van der Waals surface area (Å²) < 4.78 is 1.04. The number of benzene rings is 1. The number of halogens is 1. The molecule has 0 bridgehead atoms. The molecule has 0 saturated carbocycles. The number of nitrogens with two attached hydrogens (primary N) is 1. The Morgan fingerprint density at radius 3 is 2.53 bits per heavy atom. The molecule has 2 nitrogen and oxygen atoms in total. The van der Waals surface area contributed by atoms with Crippen molar-refractivity contribution in [3.8, 4) is 0 Å². The molecular weight excluding hydrogens is 276 g/mol. The van der Waals surface area contributed by atoms with E-state index in [1.165, 1.54) is 0 Å². The summed E-state index contributed by atoms with van der Waals surface area (Å²) in [6.45, 7) is 2.03. The fourth-order valence-corrected chi connectivity index (χ4v) is 2.64. The topological polar surface area (TPSA) is 38.9 Å². The van der Waals surface area contributed by atoms with Crippen LogP contribution in [-0.2, 0) is 12.0 Å². The van der Waals surface area contributed by atoms with Crippen molar-refractivity contribution in [1.82, 2.24) is 4.98 Å². The van der Waals surface area contributed by atoms with Gasteiger partial charge < -0.3 is 5.73 Å². The SMILES string of the molecule is CC(N)(Cc1ccccn1)c1ccccc1Br. The lowest BCUT2D eigenvalue weighted by Gasteiger charge is -2.26. The molecule has 0 fully saturated rings. The van der Waals surface area contributed by atoms with Crippen molar-refractivity contribution in [2.24, 2.45) is 5.73 Å². The van der Waals surface area contributed by atoms with Crippen LogP contribution in [0.25, 0.3) is 0 Å². The van der Waals surface area contributed by atoms with Gasteiger partial charge in [-0.1, -0.05) is 40.2 Å². The minimum Gasteiger partial charge on any atom is -0.321 e. The third-order valence-corrected chi connectivity index (χ3v) is 3.46. The number of pyridine rings is 1. The molecule has 1 aromatic carbocycles. The maximum Gasteiger partial charge on any atom is 0.0448 e. The zero-order valence-electron chi connectivity index (χ0n) is 9.73. The predicted octanol–water partition coefficient (Wildman–Crippen LogP) is 3.26. The molecule has 1 aromatic heterocycles. The van der Waals surface area contributed by atoms with E-state index in [0.717, 1.165) is 22.2 Å². The number of hydrogen-bond acceptors (Lipinski definition) is 2. The van der Waals surface area contributed by atoms with Crippen LogP contribution in [0.3, 0.4) is 0 Å². The zero-order chi connectivity index (χ0) is 12.3. The normalized spacial score (nSPS) is 14.3. The van der Waals surface area contributed by atoms with E-state index in [1.54, 1.807) is 6.20 Å². The third kappa shape index (κ3) is 2.93. The largest absolute Gasteiger partial charge is 0.321 e. The van der Waals surface area contributed by atoms with Crippen LogP contribution in [0.4, 0.5) is 0 Å². The van der Waals surface area contributed by atoms with E-state index in [4.69, 9.17) is 5.73 Å². The quantitative estimate of drug-likeness (QED) is 0.942. The Hall–Kier alpha value is -1.19. The summed E-state index contributed by atoms with van der Waals surface area (Å²) in [7, 11) is 0. The van der Waals surface area contributed by atoms with Gasteiger partial charge in [-0.05, 0) is 30.7 Å².